The van der Waals surface area contributed by atoms with Gasteiger partial charge in [0.15, 0.2) is 0 Å². The van der Waals surface area contributed by atoms with Gasteiger partial charge >= 0.3 is 0 Å². The van der Waals surface area contributed by atoms with E-state index in [0.29, 0.717) is 5.69 Å². The van der Waals surface area contributed by atoms with Crippen LogP contribution in [0.4, 0.5) is 0 Å². The largest absolute Gasteiger partial charge is 0.337 e. The maximum absolute atomic E-state index is 11.9. The molecule has 0 atom stereocenters. The van der Waals surface area contributed by atoms with Gasteiger partial charge in [-0.15, -0.1) is 0 Å². The molecule has 1 amide bonds. The fourth-order valence-corrected chi connectivity index (χ4v) is 1.84. The van der Waals surface area contributed by atoms with Gasteiger partial charge in [-0.25, -0.2) is 0 Å². The highest BCUT2D eigenvalue weighted by Crippen LogP contribution is 2.12. The normalized spacial score (nSPS) is 17.1. The lowest BCUT2D eigenvalue weighted by atomic mass is 10.1. The standard InChI is InChI=1S/C10H15N3O/c1-12-9(5-6-11-12)10(14)13-7-3-2-4-8-13/h5-6H,2-4,7-8H2,1H3. The number of rotatable bonds is 1. The molecule has 4 heteroatoms. The fraction of sp³-hybridized carbons (Fsp3) is 0.600. The molecule has 1 aliphatic heterocycles. The summed E-state index contributed by atoms with van der Waals surface area (Å²) in [5, 5.41) is 4.00. The Hall–Kier alpha value is -1.32. The monoisotopic (exact) mass is 193 g/mol. The van der Waals surface area contributed by atoms with Crippen LogP contribution in [0.3, 0.4) is 0 Å². The molecule has 14 heavy (non-hydrogen) atoms. The molecule has 2 heterocycles. The molecule has 0 N–H and O–H groups in total. The van der Waals surface area contributed by atoms with Crippen LogP contribution in [-0.4, -0.2) is 33.7 Å². The molecular weight excluding hydrogens is 178 g/mol. The minimum absolute atomic E-state index is 0.115. The minimum atomic E-state index is 0.115. The maximum Gasteiger partial charge on any atom is 0.272 e. The van der Waals surface area contributed by atoms with E-state index in [1.165, 1.54) is 6.42 Å². The molecule has 0 bridgehead atoms. The molecule has 0 unspecified atom stereocenters. The van der Waals surface area contributed by atoms with Crippen LogP contribution < -0.4 is 0 Å². The van der Waals surface area contributed by atoms with Crippen LogP contribution in [0.1, 0.15) is 29.8 Å². The van der Waals surface area contributed by atoms with Crippen LogP contribution in [0.25, 0.3) is 0 Å². The van der Waals surface area contributed by atoms with E-state index in [1.807, 2.05) is 4.90 Å². The van der Waals surface area contributed by atoms with Crippen LogP contribution >= 0.6 is 0 Å². The van der Waals surface area contributed by atoms with E-state index in [1.54, 1.807) is 24.0 Å². The minimum Gasteiger partial charge on any atom is -0.337 e. The van der Waals surface area contributed by atoms with Gasteiger partial charge in [-0.2, -0.15) is 5.10 Å². The number of carbonyl (C=O) groups excluding carboxylic acids is 1. The third kappa shape index (κ3) is 1.64. The lowest BCUT2D eigenvalue weighted by molar-refractivity contribution is 0.0713. The van der Waals surface area contributed by atoms with Gasteiger partial charge < -0.3 is 4.90 Å². The van der Waals surface area contributed by atoms with Gasteiger partial charge in [0.05, 0.1) is 0 Å². The van der Waals surface area contributed by atoms with Crippen molar-refractivity contribution in [3.8, 4) is 0 Å². The SMILES string of the molecule is Cn1nccc1C(=O)N1CCCCC1. The van der Waals surface area contributed by atoms with Crippen molar-refractivity contribution in [2.75, 3.05) is 13.1 Å². The number of hydrogen-bond acceptors (Lipinski definition) is 2. The van der Waals surface area contributed by atoms with Gasteiger partial charge in [0.25, 0.3) is 5.91 Å². The van der Waals surface area contributed by atoms with Gasteiger partial charge in [0, 0.05) is 26.3 Å². The summed E-state index contributed by atoms with van der Waals surface area (Å²) in [6.07, 6.45) is 5.17. The van der Waals surface area contributed by atoms with Gasteiger partial charge in [-0.05, 0) is 25.3 Å². The molecule has 0 aromatic carbocycles. The van der Waals surface area contributed by atoms with Gasteiger partial charge in [-0.1, -0.05) is 0 Å². The first-order chi connectivity index (χ1) is 6.79. The van der Waals surface area contributed by atoms with Gasteiger partial charge in [0.1, 0.15) is 5.69 Å². The van der Waals surface area contributed by atoms with Crippen LogP contribution in [0, 0.1) is 0 Å². The number of nitrogens with zero attached hydrogens (tertiary/aromatic N) is 3. The number of hydrogen-bond donors (Lipinski definition) is 0. The second-order valence-electron chi connectivity index (χ2n) is 3.69. The second-order valence-corrected chi connectivity index (χ2v) is 3.69. The highest BCUT2D eigenvalue weighted by molar-refractivity contribution is 5.92. The molecule has 0 radical (unpaired) electrons. The third-order valence-electron chi connectivity index (χ3n) is 2.68. The Balaban J connectivity index is 2.11. The summed E-state index contributed by atoms with van der Waals surface area (Å²) in [5.41, 5.74) is 0.687. The molecular formula is C10H15N3O. The average Bonchev–Trinajstić information content (AvgIpc) is 2.65. The molecule has 0 saturated carbocycles. The first kappa shape index (κ1) is 9.24. The number of aryl methyl sites for hydroxylation is 1. The van der Waals surface area contributed by atoms with Gasteiger partial charge in [0.2, 0.25) is 0 Å². The van der Waals surface area contributed by atoms with E-state index >= 15 is 0 Å². The molecule has 1 aromatic rings. The van der Waals surface area contributed by atoms with E-state index in [0.717, 1.165) is 25.9 Å². The van der Waals surface area contributed by atoms with Crippen molar-refractivity contribution < 1.29 is 4.79 Å². The van der Waals surface area contributed by atoms with E-state index in [4.69, 9.17) is 0 Å². The smallest absolute Gasteiger partial charge is 0.272 e. The van der Waals surface area contributed by atoms with Crippen molar-refractivity contribution in [3.05, 3.63) is 18.0 Å². The van der Waals surface area contributed by atoms with Crippen molar-refractivity contribution in [1.82, 2.24) is 14.7 Å². The fourth-order valence-electron chi connectivity index (χ4n) is 1.84. The molecule has 76 valence electrons. The number of aromatic nitrogens is 2. The quantitative estimate of drug-likeness (QED) is 0.668. The molecule has 1 fully saturated rings. The maximum atomic E-state index is 11.9. The first-order valence-corrected chi connectivity index (χ1v) is 5.06. The highest BCUT2D eigenvalue weighted by Gasteiger charge is 2.19. The van der Waals surface area contributed by atoms with Crippen molar-refractivity contribution in [2.24, 2.45) is 7.05 Å². The molecule has 0 aliphatic carbocycles. The number of carbonyl (C=O) groups is 1. The zero-order valence-corrected chi connectivity index (χ0v) is 8.44. The number of likely N-dealkylation sites (tertiary alicyclic amines) is 1. The molecule has 1 aromatic heterocycles. The van der Waals surface area contributed by atoms with Crippen LogP contribution in [0.15, 0.2) is 12.3 Å². The number of piperidine rings is 1. The lowest BCUT2D eigenvalue weighted by Crippen LogP contribution is -2.36. The Morgan fingerprint density at radius 3 is 2.64 bits per heavy atom. The predicted octanol–water partition coefficient (Wildman–Crippen LogP) is 1.05. The Kier molecular flexibility index (Phi) is 2.52. The number of amides is 1. The summed E-state index contributed by atoms with van der Waals surface area (Å²) in [7, 11) is 1.80. The predicted molar refractivity (Wildman–Crippen MR) is 53.0 cm³/mol. The zero-order valence-electron chi connectivity index (χ0n) is 8.44. The summed E-state index contributed by atoms with van der Waals surface area (Å²) >= 11 is 0. The summed E-state index contributed by atoms with van der Waals surface area (Å²) in [6, 6.07) is 1.77. The molecule has 0 spiro atoms. The Morgan fingerprint density at radius 1 is 1.36 bits per heavy atom. The van der Waals surface area contributed by atoms with Crippen molar-refractivity contribution >= 4 is 5.91 Å². The van der Waals surface area contributed by atoms with Crippen molar-refractivity contribution in [1.29, 1.82) is 0 Å². The molecule has 2 rings (SSSR count). The first-order valence-electron chi connectivity index (χ1n) is 5.06. The lowest BCUT2D eigenvalue weighted by Gasteiger charge is -2.26. The molecule has 1 saturated heterocycles. The van der Waals surface area contributed by atoms with Gasteiger partial charge in [-0.3, -0.25) is 9.48 Å². The third-order valence-corrected chi connectivity index (χ3v) is 2.68. The van der Waals surface area contributed by atoms with Crippen LogP contribution in [0.2, 0.25) is 0 Å². The average molecular weight is 193 g/mol. The Bertz CT molecular complexity index is 326. The van der Waals surface area contributed by atoms with Crippen molar-refractivity contribution in [3.63, 3.8) is 0 Å². The van der Waals surface area contributed by atoms with E-state index in [-0.39, 0.29) is 5.91 Å². The second kappa shape index (κ2) is 3.82. The highest BCUT2D eigenvalue weighted by atomic mass is 16.2. The molecule has 1 aliphatic rings. The summed E-state index contributed by atoms with van der Waals surface area (Å²) in [4.78, 5) is 13.9. The van der Waals surface area contributed by atoms with Crippen LogP contribution in [0.5, 0.6) is 0 Å². The Labute approximate surface area is 83.5 Å². The zero-order chi connectivity index (χ0) is 9.97. The summed E-state index contributed by atoms with van der Waals surface area (Å²) in [6.45, 7) is 1.79. The summed E-state index contributed by atoms with van der Waals surface area (Å²) < 4.78 is 1.64. The van der Waals surface area contributed by atoms with E-state index < -0.39 is 0 Å². The molecule has 4 nitrogen and oxygen atoms in total. The van der Waals surface area contributed by atoms with Crippen molar-refractivity contribution in [2.45, 2.75) is 19.3 Å². The topological polar surface area (TPSA) is 38.1 Å². The van der Waals surface area contributed by atoms with Crippen LogP contribution in [-0.2, 0) is 7.05 Å². The Morgan fingerprint density at radius 2 is 2.07 bits per heavy atom. The van der Waals surface area contributed by atoms with E-state index in [9.17, 15) is 4.79 Å². The summed E-state index contributed by atoms with van der Waals surface area (Å²) in [5.74, 6) is 0.115. The van der Waals surface area contributed by atoms with E-state index in [2.05, 4.69) is 5.10 Å².